The number of nitrogens with zero attached hydrogens (tertiary/aromatic N) is 3. The molecule has 1 aliphatic heterocycles. The van der Waals surface area contributed by atoms with Crippen LogP contribution >= 0.6 is 11.3 Å². The van der Waals surface area contributed by atoms with Crippen LogP contribution in [0.15, 0.2) is 0 Å². The van der Waals surface area contributed by atoms with Crippen LogP contribution in [0.2, 0.25) is 0 Å². The summed E-state index contributed by atoms with van der Waals surface area (Å²) in [5, 5.41) is 9.74. The molecule has 0 radical (unpaired) electrons. The summed E-state index contributed by atoms with van der Waals surface area (Å²) in [6, 6.07) is 0. The molecule has 6 heteroatoms. The lowest BCUT2D eigenvalue weighted by Gasteiger charge is -2.30. The van der Waals surface area contributed by atoms with Gasteiger partial charge in [-0.2, -0.15) is 0 Å². The molecular formula is C9H17N5S. The first kappa shape index (κ1) is 10.8. The van der Waals surface area contributed by atoms with Gasteiger partial charge < -0.3 is 0 Å². The third-order valence-corrected chi connectivity index (χ3v) is 3.83. The van der Waals surface area contributed by atoms with E-state index in [-0.39, 0.29) is 0 Å². The van der Waals surface area contributed by atoms with Crippen LogP contribution in [-0.2, 0) is 6.54 Å². The van der Waals surface area contributed by atoms with Gasteiger partial charge in [0.2, 0.25) is 5.13 Å². The zero-order chi connectivity index (χ0) is 10.9. The Hall–Kier alpha value is -0.720. The summed E-state index contributed by atoms with van der Waals surface area (Å²) >= 11 is 1.52. The highest BCUT2D eigenvalue weighted by molar-refractivity contribution is 7.15. The molecule has 2 heterocycles. The molecule has 1 fully saturated rings. The quantitative estimate of drug-likeness (QED) is 0.600. The lowest BCUT2D eigenvalue weighted by Crippen LogP contribution is -2.37. The number of hydrogen-bond donors (Lipinski definition) is 2. The van der Waals surface area contributed by atoms with Crippen LogP contribution in [0.5, 0.6) is 0 Å². The molecule has 0 aliphatic carbocycles. The highest BCUT2D eigenvalue weighted by atomic mass is 32.1. The Morgan fingerprint density at radius 2 is 2.33 bits per heavy atom. The smallest absolute Gasteiger partial charge is 0.219 e. The molecule has 84 valence electrons. The second-order valence-corrected chi connectivity index (χ2v) is 5.54. The van der Waals surface area contributed by atoms with Crippen molar-refractivity contribution in [1.82, 2.24) is 15.1 Å². The molecule has 1 aromatic heterocycles. The molecule has 1 saturated heterocycles. The van der Waals surface area contributed by atoms with E-state index in [4.69, 9.17) is 5.84 Å². The van der Waals surface area contributed by atoms with E-state index < -0.39 is 0 Å². The molecule has 0 atom stereocenters. The minimum atomic E-state index is 0.294. The van der Waals surface area contributed by atoms with Crippen LogP contribution in [0.1, 0.15) is 31.7 Å². The van der Waals surface area contributed by atoms with E-state index in [0.717, 1.165) is 18.1 Å². The largest absolute Gasteiger partial charge is 0.298 e. The summed E-state index contributed by atoms with van der Waals surface area (Å²) in [4.78, 5) is 2.45. The van der Waals surface area contributed by atoms with E-state index in [1.165, 1.54) is 24.2 Å². The fraction of sp³-hybridized carbons (Fsp3) is 0.778. The van der Waals surface area contributed by atoms with Gasteiger partial charge >= 0.3 is 0 Å². The maximum absolute atomic E-state index is 5.27. The van der Waals surface area contributed by atoms with Gasteiger partial charge in [0.25, 0.3) is 0 Å². The number of likely N-dealkylation sites (tertiary alicyclic amines) is 1. The topological polar surface area (TPSA) is 67.1 Å². The SMILES string of the molecule is CC1(C)CCCN1Cc1nnc(NN)s1. The molecule has 5 nitrogen and oxygen atoms in total. The van der Waals surface area contributed by atoms with E-state index in [9.17, 15) is 0 Å². The van der Waals surface area contributed by atoms with E-state index >= 15 is 0 Å². The lowest BCUT2D eigenvalue weighted by atomic mass is 10.0. The van der Waals surface area contributed by atoms with Gasteiger partial charge in [-0.25, -0.2) is 5.84 Å². The third-order valence-electron chi connectivity index (χ3n) is 2.99. The Labute approximate surface area is 93.6 Å². The molecule has 0 amide bonds. The normalized spacial score (nSPS) is 20.7. The first-order chi connectivity index (χ1) is 7.12. The fourth-order valence-electron chi connectivity index (χ4n) is 2.00. The van der Waals surface area contributed by atoms with Crippen molar-refractivity contribution in [2.45, 2.75) is 38.8 Å². The molecule has 15 heavy (non-hydrogen) atoms. The number of nitrogen functional groups attached to an aromatic ring is 1. The van der Waals surface area contributed by atoms with Gasteiger partial charge in [-0.15, -0.1) is 10.2 Å². The number of hydrogen-bond acceptors (Lipinski definition) is 6. The summed E-state index contributed by atoms with van der Waals surface area (Å²) in [5.74, 6) is 5.27. The van der Waals surface area contributed by atoms with Crippen LogP contribution in [-0.4, -0.2) is 27.2 Å². The summed E-state index contributed by atoms with van der Waals surface area (Å²) < 4.78 is 0. The zero-order valence-corrected chi connectivity index (χ0v) is 9.97. The van der Waals surface area contributed by atoms with Crippen molar-refractivity contribution in [3.8, 4) is 0 Å². The van der Waals surface area contributed by atoms with Crippen molar-refractivity contribution < 1.29 is 0 Å². The Morgan fingerprint density at radius 3 is 2.87 bits per heavy atom. The summed E-state index contributed by atoms with van der Waals surface area (Å²) in [6.07, 6.45) is 2.53. The first-order valence-electron chi connectivity index (χ1n) is 5.16. The van der Waals surface area contributed by atoms with Crippen LogP contribution in [0.4, 0.5) is 5.13 Å². The predicted molar refractivity (Wildman–Crippen MR) is 61.4 cm³/mol. The molecule has 0 bridgehead atoms. The highest BCUT2D eigenvalue weighted by Gasteiger charge is 2.32. The van der Waals surface area contributed by atoms with Gasteiger partial charge in [0.05, 0.1) is 6.54 Å². The van der Waals surface area contributed by atoms with Crippen LogP contribution < -0.4 is 11.3 Å². The molecule has 2 rings (SSSR count). The highest BCUT2D eigenvalue weighted by Crippen LogP contribution is 2.30. The van der Waals surface area contributed by atoms with Crippen LogP contribution in [0.25, 0.3) is 0 Å². The molecule has 0 unspecified atom stereocenters. The average Bonchev–Trinajstić information content (AvgIpc) is 2.75. The zero-order valence-electron chi connectivity index (χ0n) is 9.16. The number of nitrogens with one attached hydrogen (secondary N) is 1. The summed E-state index contributed by atoms with van der Waals surface area (Å²) in [6.45, 7) is 6.59. The Balaban J connectivity index is 2.02. The Bertz CT molecular complexity index is 335. The molecule has 0 spiro atoms. The standard InChI is InChI=1S/C9H17N5S/c1-9(2)4-3-5-14(9)6-7-12-13-8(11-10)15-7/h3-6,10H2,1-2H3,(H,11,13). The maximum atomic E-state index is 5.27. The Kier molecular flexibility index (Phi) is 2.90. The molecular weight excluding hydrogens is 210 g/mol. The maximum Gasteiger partial charge on any atom is 0.219 e. The van der Waals surface area contributed by atoms with Gasteiger partial charge in [0.1, 0.15) is 5.01 Å². The predicted octanol–water partition coefficient (Wildman–Crippen LogP) is 1.20. The monoisotopic (exact) mass is 227 g/mol. The van der Waals surface area contributed by atoms with Crippen molar-refractivity contribution in [1.29, 1.82) is 0 Å². The minimum Gasteiger partial charge on any atom is -0.298 e. The van der Waals surface area contributed by atoms with Gasteiger partial charge in [-0.3, -0.25) is 10.3 Å². The van der Waals surface area contributed by atoms with Crippen molar-refractivity contribution in [3.63, 3.8) is 0 Å². The van der Waals surface area contributed by atoms with E-state index in [2.05, 4.69) is 34.4 Å². The summed E-state index contributed by atoms with van der Waals surface area (Å²) in [7, 11) is 0. The third kappa shape index (κ3) is 2.27. The van der Waals surface area contributed by atoms with Gasteiger partial charge in [0, 0.05) is 5.54 Å². The molecule has 0 aromatic carbocycles. The van der Waals surface area contributed by atoms with Crippen molar-refractivity contribution in [3.05, 3.63) is 5.01 Å². The van der Waals surface area contributed by atoms with Crippen molar-refractivity contribution in [2.75, 3.05) is 12.0 Å². The van der Waals surface area contributed by atoms with Crippen molar-refractivity contribution in [2.24, 2.45) is 5.84 Å². The number of aromatic nitrogens is 2. The van der Waals surface area contributed by atoms with Gasteiger partial charge in [-0.05, 0) is 33.2 Å². The number of rotatable bonds is 3. The number of hydrazine groups is 1. The first-order valence-corrected chi connectivity index (χ1v) is 5.97. The Morgan fingerprint density at radius 1 is 1.53 bits per heavy atom. The molecule has 1 aliphatic rings. The van der Waals surface area contributed by atoms with E-state index in [1.54, 1.807) is 0 Å². The van der Waals surface area contributed by atoms with E-state index in [1.807, 2.05) is 0 Å². The number of nitrogens with two attached hydrogens (primary N) is 1. The minimum absolute atomic E-state index is 0.294. The van der Waals surface area contributed by atoms with E-state index in [0.29, 0.717) is 10.7 Å². The molecule has 3 N–H and O–H groups in total. The van der Waals surface area contributed by atoms with Gasteiger partial charge in [-0.1, -0.05) is 11.3 Å². The van der Waals surface area contributed by atoms with Crippen LogP contribution in [0.3, 0.4) is 0 Å². The molecule has 1 aromatic rings. The summed E-state index contributed by atoms with van der Waals surface area (Å²) in [5.41, 5.74) is 2.81. The molecule has 0 saturated carbocycles. The van der Waals surface area contributed by atoms with Crippen molar-refractivity contribution >= 4 is 16.5 Å². The number of anilines is 1. The second-order valence-electron chi connectivity index (χ2n) is 4.48. The lowest BCUT2D eigenvalue weighted by molar-refractivity contribution is 0.166. The second kappa shape index (κ2) is 4.03. The average molecular weight is 227 g/mol. The fourth-order valence-corrected chi connectivity index (χ4v) is 2.66. The van der Waals surface area contributed by atoms with Crippen LogP contribution in [0, 0.1) is 0 Å². The van der Waals surface area contributed by atoms with Gasteiger partial charge in [0.15, 0.2) is 0 Å².